The monoisotopic (exact) mass is 261 g/mol. The quantitative estimate of drug-likeness (QED) is 0.632. The van der Waals surface area contributed by atoms with E-state index in [1.807, 2.05) is 13.0 Å². The summed E-state index contributed by atoms with van der Waals surface area (Å²) in [6, 6.07) is 8.76. The van der Waals surface area contributed by atoms with Gasteiger partial charge in [0.1, 0.15) is 5.70 Å². The summed E-state index contributed by atoms with van der Waals surface area (Å²) in [5, 5.41) is 2.60. The van der Waals surface area contributed by atoms with E-state index in [1.165, 1.54) is 0 Å². The molecule has 102 valence electrons. The number of carbonyl (C=O) groups is 2. The molecule has 0 unspecified atom stereocenters. The highest BCUT2D eigenvalue weighted by atomic mass is 16.5. The van der Waals surface area contributed by atoms with Crippen molar-refractivity contribution in [3.05, 3.63) is 47.7 Å². The molecule has 0 aliphatic carbocycles. The minimum Gasteiger partial charge on any atom is -0.461 e. The smallest absolute Gasteiger partial charge is 0.354 e. The van der Waals surface area contributed by atoms with Gasteiger partial charge in [-0.25, -0.2) is 4.79 Å². The van der Waals surface area contributed by atoms with Crippen molar-refractivity contribution in [3.8, 4) is 0 Å². The molecule has 0 saturated carbocycles. The zero-order chi connectivity index (χ0) is 14.1. The third kappa shape index (κ3) is 4.95. The first kappa shape index (κ1) is 15.0. The van der Waals surface area contributed by atoms with Crippen LogP contribution in [0.2, 0.25) is 0 Å². The fraction of sp³-hybridized carbons (Fsp3) is 0.333. The van der Waals surface area contributed by atoms with Crippen molar-refractivity contribution < 1.29 is 14.3 Å². The zero-order valence-corrected chi connectivity index (χ0v) is 11.3. The topological polar surface area (TPSA) is 55.4 Å². The number of rotatable bonds is 6. The van der Waals surface area contributed by atoms with Crippen molar-refractivity contribution in [3.63, 3.8) is 0 Å². The van der Waals surface area contributed by atoms with Crippen LogP contribution >= 0.6 is 0 Å². The van der Waals surface area contributed by atoms with E-state index in [0.717, 1.165) is 6.42 Å². The molecule has 1 amide bonds. The fourth-order valence-electron chi connectivity index (χ4n) is 1.47. The van der Waals surface area contributed by atoms with E-state index < -0.39 is 5.97 Å². The summed E-state index contributed by atoms with van der Waals surface area (Å²) in [6.45, 7) is 4.01. The maximum absolute atomic E-state index is 12.0. The van der Waals surface area contributed by atoms with Crippen molar-refractivity contribution in [2.24, 2.45) is 0 Å². The Bertz CT molecular complexity index is 452. The van der Waals surface area contributed by atoms with E-state index in [9.17, 15) is 9.59 Å². The number of amides is 1. The lowest BCUT2D eigenvalue weighted by molar-refractivity contribution is -0.138. The second kappa shape index (κ2) is 8.08. The largest absolute Gasteiger partial charge is 0.461 e. The Morgan fingerprint density at radius 3 is 2.47 bits per heavy atom. The molecule has 1 rings (SSSR count). The van der Waals surface area contributed by atoms with E-state index in [1.54, 1.807) is 37.3 Å². The maximum Gasteiger partial charge on any atom is 0.354 e. The highest BCUT2D eigenvalue weighted by Crippen LogP contribution is 2.03. The molecule has 0 fully saturated rings. The van der Waals surface area contributed by atoms with Gasteiger partial charge in [-0.2, -0.15) is 0 Å². The molecule has 1 aromatic carbocycles. The van der Waals surface area contributed by atoms with Crippen molar-refractivity contribution in [2.45, 2.75) is 26.7 Å². The molecule has 0 aliphatic heterocycles. The number of benzene rings is 1. The van der Waals surface area contributed by atoms with Gasteiger partial charge in [0.25, 0.3) is 5.91 Å². The summed E-state index contributed by atoms with van der Waals surface area (Å²) in [4.78, 5) is 23.7. The Hall–Kier alpha value is -2.10. The average molecular weight is 261 g/mol. The number of hydrogen-bond acceptors (Lipinski definition) is 3. The van der Waals surface area contributed by atoms with Crippen molar-refractivity contribution in [1.82, 2.24) is 5.32 Å². The molecule has 0 spiro atoms. The molecule has 0 heterocycles. The normalized spacial score (nSPS) is 10.9. The van der Waals surface area contributed by atoms with Crippen LogP contribution in [0.4, 0.5) is 0 Å². The van der Waals surface area contributed by atoms with E-state index in [0.29, 0.717) is 12.0 Å². The summed E-state index contributed by atoms with van der Waals surface area (Å²) in [5.74, 6) is -0.809. The zero-order valence-electron chi connectivity index (χ0n) is 11.3. The number of allylic oxidation sites excluding steroid dienone is 1. The van der Waals surface area contributed by atoms with Gasteiger partial charge in [0, 0.05) is 5.56 Å². The van der Waals surface area contributed by atoms with Crippen LogP contribution in [0.1, 0.15) is 37.0 Å². The molecule has 0 radical (unpaired) electrons. The first-order valence-electron chi connectivity index (χ1n) is 6.42. The van der Waals surface area contributed by atoms with E-state index in [4.69, 9.17) is 4.74 Å². The number of carbonyl (C=O) groups excluding carboxylic acids is 2. The Morgan fingerprint density at radius 1 is 1.21 bits per heavy atom. The standard InChI is InChI=1S/C15H19NO3/c1-3-5-11-13(15(18)19-4-2)16-14(17)12-9-7-6-8-10-12/h6-11H,3-5H2,1-2H3,(H,16,17). The fourth-order valence-corrected chi connectivity index (χ4v) is 1.47. The van der Waals surface area contributed by atoms with Crippen molar-refractivity contribution >= 4 is 11.9 Å². The Morgan fingerprint density at radius 2 is 1.89 bits per heavy atom. The molecule has 0 bridgehead atoms. The second-order valence-electron chi connectivity index (χ2n) is 3.95. The summed E-state index contributed by atoms with van der Waals surface area (Å²) in [5.41, 5.74) is 0.715. The lowest BCUT2D eigenvalue weighted by Gasteiger charge is -2.09. The van der Waals surface area contributed by atoms with Gasteiger partial charge in [0.05, 0.1) is 6.61 Å². The lowest BCUT2D eigenvalue weighted by Crippen LogP contribution is -2.28. The molecular weight excluding hydrogens is 242 g/mol. The van der Waals surface area contributed by atoms with Crippen LogP contribution in [-0.2, 0) is 9.53 Å². The number of unbranched alkanes of at least 4 members (excludes halogenated alkanes) is 1. The highest BCUT2D eigenvalue weighted by molar-refractivity contribution is 6.01. The Labute approximate surface area is 113 Å². The van der Waals surface area contributed by atoms with Crippen LogP contribution in [0.25, 0.3) is 0 Å². The summed E-state index contributed by atoms with van der Waals surface area (Å²) in [6.07, 6.45) is 3.30. The van der Waals surface area contributed by atoms with Crippen molar-refractivity contribution in [1.29, 1.82) is 0 Å². The number of ether oxygens (including phenoxy) is 1. The molecule has 4 heteroatoms. The minimum atomic E-state index is -0.500. The summed E-state index contributed by atoms with van der Waals surface area (Å²) >= 11 is 0. The molecule has 19 heavy (non-hydrogen) atoms. The van der Waals surface area contributed by atoms with E-state index in [-0.39, 0.29) is 18.2 Å². The predicted octanol–water partition coefficient (Wildman–Crippen LogP) is 2.66. The molecule has 1 aromatic rings. The first-order valence-corrected chi connectivity index (χ1v) is 6.42. The number of hydrogen-bond donors (Lipinski definition) is 1. The van der Waals surface area contributed by atoms with Gasteiger partial charge in [-0.1, -0.05) is 37.6 Å². The maximum atomic E-state index is 12.0. The summed E-state index contributed by atoms with van der Waals surface area (Å²) in [7, 11) is 0. The van der Waals surface area contributed by atoms with Crippen LogP contribution < -0.4 is 5.32 Å². The van der Waals surface area contributed by atoms with Crippen LogP contribution in [0, 0.1) is 0 Å². The molecule has 1 N–H and O–H groups in total. The molecule has 0 saturated heterocycles. The van der Waals surface area contributed by atoms with E-state index in [2.05, 4.69) is 5.32 Å². The number of esters is 1. The van der Waals surface area contributed by atoms with Gasteiger partial charge < -0.3 is 10.1 Å². The van der Waals surface area contributed by atoms with Crippen molar-refractivity contribution in [2.75, 3.05) is 6.61 Å². The van der Waals surface area contributed by atoms with Crippen LogP contribution in [0.15, 0.2) is 42.1 Å². The third-order valence-corrected chi connectivity index (χ3v) is 2.42. The van der Waals surface area contributed by atoms with Gasteiger partial charge in [0.15, 0.2) is 0 Å². The minimum absolute atomic E-state index is 0.206. The third-order valence-electron chi connectivity index (χ3n) is 2.42. The molecular formula is C15H19NO3. The van der Waals surface area contributed by atoms with Gasteiger partial charge in [-0.05, 0) is 25.5 Å². The van der Waals surface area contributed by atoms with E-state index >= 15 is 0 Å². The lowest BCUT2D eigenvalue weighted by atomic mass is 10.2. The predicted molar refractivity (Wildman–Crippen MR) is 73.5 cm³/mol. The first-order chi connectivity index (χ1) is 9.19. The highest BCUT2D eigenvalue weighted by Gasteiger charge is 2.14. The SMILES string of the molecule is CCCC=C(NC(=O)c1ccccc1)C(=O)OCC. The average Bonchev–Trinajstić information content (AvgIpc) is 2.44. The van der Waals surface area contributed by atoms with Crippen LogP contribution in [-0.4, -0.2) is 18.5 Å². The Kier molecular flexibility index (Phi) is 6.36. The van der Waals surface area contributed by atoms with Gasteiger partial charge in [-0.3, -0.25) is 4.79 Å². The molecule has 0 aromatic heterocycles. The van der Waals surface area contributed by atoms with Crippen LogP contribution in [0.5, 0.6) is 0 Å². The molecule has 0 atom stereocenters. The van der Waals surface area contributed by atoms with Crippen LogP contribution in [0.3, 0.4) is 0 Å². The molecule has 4 nitrogen and oxygen atoms in total. The number of nitrogens with one attached hydrogen (secondary N) is 1. The summed E-state index contributed by atoms with van der Waals surface area (Å²) < 4.78 is 4.92. The molecule has 0 aliphatic rings. The second-order valence-corrected chi connectivity index (χ2v) is 3.95. The van der Waals surface area contributed by atoms with Gasteiger partial charge in [0.2, 0.25) is 0 Å². The van der Waals surface area contributed by atoms with Gasteiger partial charge in [-0.15, -0.1) is 0 Å². The Balaban J connectivity index is 2.78. The van der Waals surface area contributed by atoms with Gasteiger partial charge >= 0.3 is 5.97 Å².